The fraction of sp³-hybridized carbons (Fsp3) is 0. The SMILES string of the molecule is N#C/C(=C/Nc1ccc(C(N)=O)cc1)C(=O)Nc1ccc(F)cc1. The van der Waals surface area contributed by atoms with Crippen molar-refractivity contribution in [1.82, 2.24) is 0 Å². The lowest BCUT2D eigenvalue weighted by atomic mass is 10.2. The maximum Gasteiger partial charge on any atom is 0.267 e. The molecule has 2 aromatic rings. The number of hydrogen-bond acceptors (Lipinski definition) is 4. The van der Waals surface area contributed by atoms with Crippen LogP contribution in [0.15, 0.2) is 60.3 Å². The van der Waals surface area contributed by atoms with Gasteiger partial charge in [-0.05, 0) is 48.5 Å². The lowest BCUT2D eigenvalue weighted by Gasteiger charge is -2.05. The first-order chi connectivity index (χ1) is 11.5. The fourth-order valence-corrected chi connectivity index (χ4v) is 1.77. The molecular formula is C17H13FN4O2. The topological polar surface area (TPSA) is 108 Å². The number of anilines is 2. The number of primary amides is 1. The van der Waals surface area contributed by atoms with Gasteiger partial charge in [-0.1, -0.05) is 0 Å². The summed E-state index contributed by atoms with van der Waals surface area (Å²) in [6, 6.07) is 13.2. The third kappa shape index (κ3) is 4.42. The van der Waals surface area contributed by atoms with Gasteiger partial charge >= 0.3 is 0 Å². The van der Waals surface area contributed by atoms with Crippen molar-refractivity contribution in [2.24, 2.45) is 5.73 Å². The van der Waals surface area contributed by atoms with Crippen molar-refractivity contribution >= 4 is 23.2 Å². The number of halogens is 1. The first-order valence-electron chi connectivity index (χ1n) is 6.83. The second kappa shape index (κ2) is 7.56. The summed E-state index contributed by atoms with van der Waals surface area (Å²) < 4.78 is 12.8. The summed E-state index contributed by atoms with van der Waals surface area (Å²) in [7, 11) is 0. The largest absolute Gasteiger partial charge is 0.366 e. The molecule has 0 aromatic heterocycles. The van der Waals surface area contributed by atoms with E-state index in [2.05, 4.69) is 10.6 Å². The Balaban J connectivity index is 2.05. The highest BCUT2D eigenvalue weighted by Crippen LogP contribution is 2.12. The summed E-state index contributed by atoms with van der Waals surface area (Å²) in [5.74, 6) is -1.61. The highest BCUT2D eigenvalue weighted by molar-refractivity contribution is 6.06. The molecule has 4 N–H and O–H groups in total. The number of carbonyl (C=O) groups excluding carboxylic acids is 2. The van der Waals surface area contributed by atoms with Gasteiger partial charge in [-0.3, -0.25) is 9.59 Å². The minimum atomic E-state index is -0.634. The first kappa shape index (κ1) is 16.7. The smallest absolute Gasteiger partial charge is 0.267 e. The summed E-state index contributed by atoms with van der Waals surface area (Å²) in [6.45, 7) is 0. The number of rotatable bonds is 5. The molecule has 0 aliphatic rings. The Bertz CT molecular complexity index is 821. The van der Waals surface area contributed by atoms with Crippen LogP contribution in [0, 0.1) is 17.1 Å². The second-order valence-electron chi connectivity index (χ2n) is 4.72. The van der Waals surface area contributed by atoms with Crippen LogP contribution in [0.3, 0.4) is 0 Å². The van der Waals surface area contributed by atoms with E-state index in [1.807, 2.05) is 0 Å². The fourth-order valence-electron chi connectivity index (χ4n) is 1.77. The minimum absolute atomic E-state index is 0.168. The normalized spacial score (nSPS) is 10.6. The van der Waals surface area contributed by atoms with Crippen LogP contribution < -0.4 is 16.4 Å². The standard InChI is InChI=1S/C17H13FN4O2/c18-13-3-7-15(8-4-13)22-17(24)12(9-19)10-21-14-5-1-11(2-6-14)16(20)23/h1-8,10,21H,(H2,20,23)(H,22,24)/b12-10-. The van der Waals surface area contributed by atoms with Crippen LogP contribution >= 0.6 is 0 Å². The summed E-state index contributed by atoms with van der Waals surface area (Å²) >= 11 is 0. The van der Waals surface area contributed by atoms with Crippen molar-refractivity contribution in [3.63, 3.8) is 0 Å². The molecule has 0 fully saturated rings. The zero-order chi connectivity index (χ0) is 17.5. The molecule has 2 amide bonds. The molecule has 120 valence electrons. The molecule has 6 nitrogen and oxygen atoms in total. The van der Waals surface area contributed by atoms with Crippen LogP contribution in [0.1, 0.15) is 10.4 Å². The number of carbonyl (C=O) groups is 2. The molecule has 0 saturated heterocycles. The van der Waals surface area contributed by atoms with Crippen molar-refractivity contribution in [3.8, 4) is 6.07 Å². The number of nitrogens with zero attached hydrogens (tertiary/aromatic N) is 1. The lowest BCUT2D eigenvalue weighted by molar-refractivity contribution is -0.112. The van der Waals surface area contributed by atoms with E-state index >= 15 is 0 Å². The predicted molar refractivity (Wildman–Crippen MR) is 87.3 cm³/mol. The molecule has 24 heavy (non-hydrogen) atoms. The summed E-state index contributed by atoms with van der Waals surface area (Å²) in [4.78, 5) is 23.0. The third-order valence-electron chi connectivity index (χ3n) is 3.02. The molecule has 0 unspecified atom stereocenters. The number of hydrogen-bond donors (Lipinski definition) is 3. The molecule has 0 bridgehead atoms. The van der Waals surface area contributed by atoms with E-state index in [0.717, 1.165) is 0 Å². The van der Waals surface area contributed by atoms with Crippen molar-refractivity contribution < 1.29 is 14.0 Å². The van der Waals surface area contributed by atoms with Gasteiger partial charge in [-0.15, -0.1) is 0 Å². The quantitative estimate of drug-likeness (QED) is 0.579. The molecule has 0 aliphatic heterocycles. The zero-order valence-electron chi connectivity index (χ0n) is 12.4. The van der Waals surface area contributed by atoms with E-state index in [-0.39, 0.29) is 5.57 Å². The van der Waals surface area contributed by atoms with Gasteiger partial charge in [0.25, 0.3) is 5.91 Å². The number of amides is 2. The van der Waals surface area contributed by atoms with E-state index in [9.17, 15) is 14.0 Å². The van der Waals surface area contributed by atoms with Crippen molar-refractivity contribution in [1.29, 1.82) is 5.26 Å². The van der Waals surface area contributed by atoms with Crippen molar-refractivity contribution in [2.75, 3.05) is 10.6 Å². The molecule has 0 heterocycles. The van der Waals surface area contributed by atoms with Gasteiger partial charge in [-0.25, -0.2) is 4.39 Å². The predicted octanol–water partition coefficient (Wildman–Crippen LogP) is 2.38. The summed E-state index contributed by atoms with van der Waals surface area (Å²) in [5.41, 5.74) is 6.26. The number of nitrogens with one attached hydrogen (secondary N) is 2. The molecule has 2 aromatic carbocycles. The molecule has 0 spiro atoms. The number of nitriles is 1. The van der Waals surface area contributed by atoms with Gasteiger partial charge < -0.3 is 16.4 Å². The molecular weight excluding hydrogens is 311 g/mol. The Hall–Kier alpha value is -3.66. The summed E-state index contributed by atoms with van der Waals surface area (Å²) in [5, 5.41) is 14.3. The molecule has 7 heteroatoms. The van der Waals surface area contributed by atoms with Crippen LogP contribution in [0.4, 0.5) is 15.8 Å². The van der Waals surface area contributed by atoms with Gasteiger partial charge in [0.15, 0.2) is 0 Å². The Morgan fingerprint density at radius 2 is 1.62 bits per heavy atom. The van der Waals surface area contributed by atoms with Crippen LogP contribution in [0.2, 0.25) is 0 Å². The van der Waals surface area contributed by atoms with Crippen molar-refractivity contribution in [3.05, 3.63) is 71.7 Å². The number of benzene rings is 2. The average Bonchev–Trinajstić information content (AvgIpc) is 2.58. The lowest BCUT2D eigenvalue weighted by Crippen LogP contribution is -2.14. The maximum atomic E-state index is 12.8. The Labute approximate surface area is 137 Å². The molecule has 0 radical (unpaired) electrons. The molecule has 0 saturated carbocycles. The van der Waals surface area contributed by atoms with Gasteiger partial charge in [0.05, 0.1) is 0 Å². The monoisotopic (exact) mass is 324 g/mol. The Morgan fingerprint density at radius 1 is 1.04 bits per heavy atom. The van der Waals surface area contributed by atoms with E-state index in [1.165, 1.54) is 42.6 Å². The van der Waals surface area contributed by atoms with Crippen molar-refractivity contribution in [2.45, 2.75) is 0 Å². The second-order valence-corrected chi connectivity index (χ2v) is 4.72. The van der Waals surface area contributed by atoms with Gasteiger partial charge in [-0.2, -0.15) is 5.26 Å². The summed E-state index contributed by atoms with van der Waals surface area (Å²) in [6.07, 6.45) is 1.23. The molecule has 2 rings (SSSR count). The van der Waals surface area contributed by atoms with E-state index in [4.69, 9.17) is 11.0 Å². The van der Waals surface area contributed by atoms with Gasteiger partial charge in [0, 0.05) is 23.1 Å². The van der Waals surface area contributed by atoms with Gasteiger partial charge in [0.2, 0.25) is 5.91 Å². The Kier molecular flexibility index (Phi) is 5.26. The molecule has 0 atom stereocenters. The maximum absolute atomic E-state index is 12.8. The highest BCUT2D eigenvalue weighted by atomic mass is 19.1. The van der Waals surface area contributed by atoms with Crippen LogP contribution in [0.25, 0.3) is 0 Å². The highest BCUT2D eigenvalue weighted by Gasteiger charge is 2.09. The first-order valence-corrected chi connectivity index (χ1v) is 6.83. The Morgan fingerprint density at radius 3 is 2.17 bits per heavy atom. The van der Waals surface area contributed by atoms with E-state index in [0.29, 0.717) is 16.9 Å². The van der Waals surface area contributed by atoms with E-state index < -0.39 is 17.6 Å². The van der Waals surface area contributed by atoms with Crippen LogP contribution in [-0.2, 0) is 4.79 Å². The molecule has 0 aliphatic carbocycles. The average molecular weight is 324 g/mol. The third-order valence-corrected chi connectivity index (χ3v) is 3.02. The van der Waals surface area contributed by atoms with Gasteiger partial charge in [0.1, 0.15) is 17.5 Å². The van der Waals surface area contributed by atoms with E-state index in [1.54, 1.807) is 18.2 Å². The zero-order valence-corrected chi connectivity index (χ0v) is 12.4. The minimum Gasteiger partial charge on any atom is -0.366 e. The number of nitrogens with two attached hydrogens (primary N) is 1. The van der Waals surface area contributed by atoms with Crippen LogP contribution in [-0.4, -0.2) is 11.8 Å². The van der Waals surface area contributed by atoms with Crippen LogP contribution in [0.5, 0.6) is 0 Å².